The highest BCUT2D eigenvalue weighted by Crippen LogP contribution is 2.29. The Morgan fingerprint density at radius 1 is 0.909 bits per heavy atom. The van der Waals surface area contributed by atoms with Gasteiger partial charge in [0.15, 0.2) is 0 Å². The molecule has 116 valence electrons. The van der Waals surface area contributed by atoms with Gasteiger partial charge in [0.2, 0.25) is 0 Å². The first kappa shape index (κ1) is 15.1. The van der Waals surface area contributed by atoms with Crippen molar-refractivity contribution in [3.05, 3.63) is 71.3 Å². The molecule has 0 amide bonds. The summed E-state index contributed by atoms with van der Waals surface area (Å²) in [7, 11) is 0. The topological polar surface area (TPSA) is 12.5 Å². The molecule has 0 aromatic heterocycles. The molecule has 22 heavy (non-hydrogen) atoms. The van der Waals surface area contributed by atoms with E-state index in [1.165, 1.54) is 18.6 Å². The standard InChI is InChI=1S/C18H19F2NO/c19-16-8-3-1-6-14(16)18(15-7-2-4-9-17(15)20)22-13-12-21-10-5-11-21/h1-4,6-9,18H,5,10-13H2. The third-order valence-electron chi connectivity index (χ3n) is 4.02. The molecule has 1 aliphatic rings. The second kappa shape index (κ2) is 6.99. The second-order valence-corrected chi connectivity index (χ2v) is 5.49. The molecule has 0 aliphatic carbocycles. The van der Waals surface area contributed by atoms with Crippen LogP contribution >= 0.6 is 0 Å². The number of benzene rings is 2. The van der Waals surface area contributed by atoms with Crippen LogP contribution in [-0.4, -0.2) is 31.1 Å². The fourth-order valence-electron chi connectivity index (χ4n) is 2.63. The molecule has 0 bridgehead atoms. The van der Waals surface area contributed by atoms with Gasteiger partial charge < -0.3 is 9.64 Å². The van der Waals surface area contributed by atoms with Crippen LogP contribution in [0.5, 0.6) is 0 Å². The van der Waals surface area contributed by atoms with E-state index in [0.717, 1.165) is 19.6 Å². The summed E-state index contributed by atoms with van der Waals surface area (Å²) in [5, 5.41) is 0. The van der Waals surface area contributed by atoms with Crippen molar-refractivity contribution in [2.75, 3.05) is 26.2 Å². The zero-order chi connectivity index (χ0) is 15.4. The third kappa shape index (κ3) is 3.34. The van der Waals surface area contributed by atoms with E-state index in [1.807, 2.05) is 0 Å². The highest BCUT2D eigenvalue weighted by molar-refractivity contribution is 5.32. The van der Waals surface area contributed by atoms with Crippen LogP contribution in [0.2, 0.25) is 0 Å². The summed E-state index contributed by atoms with van der Waals surface area (Å²) in [6.45, 7) is 3.40. The van der Waals surface area contributed by atoms with Gasteiger partial charge in [-0.1, -0.05) is 36.4 Å². The van der Waals surface area contributed by atoms with Gasteiger partial charge in [-0.2, -0.15) is 0 Å². The minimum atomic E-state index is -0.719. The molecule has 1 fully saturated rings. The lowest BCUT2D eigenvalue weighted by Gasteiger charge is -2.31. The summed E-state index contributed by atoms with van der Waals surface area (Å²) >= 11 is 0. The Morgan fingerprint density at radius 2 is 1.45 bits per heavy atom. The summed E-state index contributed by atoms with van der Waals surface area (Å²) in [5.41, 5.74) is 0.743. The first-order chi connectivity index (χ1) is 10.8. The average Bonchev–Trinajstić information content (AvgIpc) is 2.48. The maximum Gasteiger partial charge on any atom is 0.129 e. The minimum Gasteiger partial charge on any atom is -0.367 e. The molecular weight excluding hydrogens is 284 g/mol. The number of nitrogens with zero attached hydrogens (tertiary/aromatic N) is 1. The van der Waals surface area contributed by atoms with Gasteiger partial charge in [0.1, 0.15) is 17.7 Å². The SMILES string of the molecule is Fc1ccccc1C(OCCN1CCC1)c1ccccc1F. The third-order valence-corrected chi connectivity index (χ3v) is 4.02. The monoisotopic (exact) mass is 303 g/mol. The van der Waals surface area contributed by atoms with Crippen molar-refractivity contribution in [1.82, 2.24) is 4.90 Å². The van der Waals surface area contributed by atoms with Crippen LogP contribution in [0.3, 0.4) is 0 Å². The Morgan fingerprint density at radius 3 is 1.91 bits per heavy atom. The Labute approximate surface area is 129 Å². The quantitative estimate of drug-likeness (QED) is 0.805. The fraction of sp³-hybridized carbons (Fsp3) is 0.333. The molecular formula is C18H19F2NO. The number of hydrogen-bond acceptors (Lipinski definition) is 2. The first-order valence-electron chi connectivity index (χ1n) is 7.58. The first-order valence-corrected chi connectivity index (χ1v) is 7.58. The Balaban J connectivity index is 1.81. The van der Waals surface area contributed by atoms with Crippen LogP contribution in [0.1, 0.15) is 23.7 Å². The lowest BCUT2D eigenvalue weighted by molar-refractivity contribution is 0.0425. The molecule has 0 spiro atoms. The number of rotatable bonds is 6. The fourth-order valence-corrected chi connectivity index (χ4v) is 2.63. The van der Waals surface area contributed by atoms with E-state index in [9.17, 15) is 8.78 Å². The van der Waals surface area contributed by atoms with Crippen LogP contribution in [0.15, 0.2) is 48.5 Å². The van der Waals surface area contributed by atoms with E-state index in [0.29, 0.717) is 17.7 Å². The lowest BCUT2D eigenvalue weighted by Crippen LogP contribution is -2.39. The summed E-state index contributed by atoms with van der Waals surface area (Å²) < 4.78 is 34.1. The zero-order valence-corrected chi connectivity index (χ0v) is 12.3. The molecule has 0 N–H and O–H groups in total. The van der Waals surface area contributed by atoms with Crippen LogP contribution < -0.4 is 0 Å². The smallest absolute Gasteiger partial charge is 0.129 e. The van der Waals surface area contributed by atoms with Gasteiger partial charge in [-0.25, -0.2) is 8.78 Å². The normalized spacial score (nSPS) is 15.0. The molecule has 0 unspecified atom stereocenters. The van der Waals surface area contributed by atoms with E-state index in [-0.39, 0.29) is 11.6 Å². The van der Waals surface area contributed by atoms with Gasteiger partial charge >= 0.3 is 0 Å². The second-order valence-electron chi connectivity index (χ2n) is 5.49. The molecule has 1 heterocycles. The van der Waals surface area contributed by atoms with Crippen molar-refractivity contribution in [2.24, 2.45) is 0 Å². The van der Waals surface area contributed by atoms with Crippen molar-refractivity contribution in [3.63, 3.8) is 0 Å². The van der Waals surface area contributed by atoms with E-state index >= 15 is 0 Å². The molecule has 1 aliphatic heterocycles. The van der Waals surface area contributed by atoms with Crippen molar-refractivity contribution in [2.45, 2.75) is 12.5 Å². The van der Waals surface area contributed by atoms with Gasteiger partial charge in [0, 0.05) is 17.7 Å². The van der Waals surface area contributed by atoms with Crippen LogP contribution in [-0.2, 0) is 4.74 Å². The summed E-state index contributed by atoms with van der Waals surface area (Å²) in [6, 6.07) is 12.8. The van der Waals surface area contributed by atoms with Crippen LogP contribution in [0.25, 0.3) is 0 Å². The highest BCUT2D eigenvalue weighted by Gasteiger charge is 2.22. The maximum absolute atomic E-state index is 14.1. The summed E-state index contributed by atoms with van der Waals surface area (Å²) in [6.07, 6.45) is 0.494. The number of hydrogen-bond donors (Lipinski definition) is 0. The molecule has 1 saturated heterocycles. The largest absolute Gasteiger partial charge is 0.367 e. The molecule has 2 nitrogen and oxygen atoms in total. The molecule has 0 radical (unpaired) electrons. The Bertz CT molecular complexity index is 582. The highest BCUT2D eigenvalue weighted by atomic mass is 19.1. The van der Waals surface area contributed by atoms with Crippen molar-refractivity contribution < 1.29 is 13.5 Å². The maximum atomic E-state index is 14.1. The van der Waals surface area contributed by atoms with Gasteiger partial charge in [0.05, 0.1) is 6.61 Å². The molecule has 2 aromatic rings. The number of halogens is 2. The van der Waals surface area contributed by atoms with Crippen molar-refractivity contribution in [3.8, 4) is 0 Å². The van der Waals surface area contributed by atoms with E-state index in [2.05, 4.69) is 4.90 Å². The Hall–Kier alpha value is -1.78. The van der Waals surface area contributed by atoms with Gasteiger partial charge in [-0.3, -0.25) is 0 Å². The molecule has 0 saturated carbocycles. The lowest BCUT2D eigenvalue weighted by atomic mass is 10.0. The minimum absolute atomic E-state index is 0.371. The van der Waals surface area contributed by atoms with Crippen LogP contribution in [0, 0.1) is 11.6 Å². The molecule has 3 rings (SSSR count). The van der Waals surface area contributed by atoms with Gasteiger partial charge in [-0.05, 0) is 31.6 Å². The summed E-state index contributed by atoms with van der Waals surface area (Å²) in [5.74, 6) is -0.751. The number of likely N-dealkylation sites (tertiary alicyclic amines) is 1. The average molecular weight is 303 g/mol. The molecule has 2 aromatic carbocycles. The molecule has 4 heteroatoms. The van der Waals surface area contributed by atoms with Crippen LogP contribution in [0.4, 0.5) is 8.78 Å². The predicted molar refractivity (Wildman–Crippen MR) is 81.7 cm³/mol. The predicted octanol–water partition coefficient (Wildman–Crippen LogP) is 3.78. The van der Waals surface area contributed by atoms with Gasteiger partial charge in [-0.15, -0.1) is 0 Å². The zero-order valence-electron chi connectivity index (χ0n) is 12.3. The Kier molecular flexibility index (Phi) is 4.80. The van der Waals surface area contributed by atoms with E-state index in [1.54, 1.807) is 36.4 Å². The van der Waals surface area contributed by atoms with Crippen molar-refractivity contribution in [1.29, 1.82) is 0 Å². The van der Waals surface area contributed by atoms with Gasteiger partial charge in [0.25, 0.3) is 0 Å². The molecule has 0 atom stereocenters. The van der Waals surface area contributed by atoms with Crippen molar-refractivity contribution >= 4 is 0 Å². The summed E-state index contributed by atoms with van der Waals surface area (Å²) in [4.78, 5) is 2.26. The van der Waals surface area contributed by atoms with E-state index < -0.39 is 6.10 Å². The van der Waals surface area contributed by atoms with E-state index in [4.69, 9.17) is 4.74 Å². The number of ether oxygens (including phenoxy) is 1.